The summed E-state index contributed by atoms with van der Waals surface area (Å²) in [6.07, 6.45) is 1.71. The average Bonchev–Trinajstić information content (AvgIpc) is 2.33. The molecule has 0 fully saturated rings. The molecule has 0 amide bonds. The van der Waals surface area contributed by atoms with Gasteiger partial charge in [0.15, 0.2) is 0 Å². The molecule has 2 rings (SSSR count). The maximum absolute atomic E-state index is 13.4. The molecular weight excluding hydrogens is 236 g/mol. The van der Waals surface area contributed by atoms with E-state index in [1.54, 1.807) is 19.2 Å². The zero-order valence-corrected chi connectivity index (χ0v) is 10.2. The highest BCUT2D eigenvalue weighted by Gasteiger charge is 2.10. The molecule has 94 valence electrons. The molecular formula is C14H13F2NO. The van der Waals surface area contributed by atoms with Gasteiger partial charge in [-0.1, -0.05) is 6.07 Å². The maximum atomic E-state index is 13.4. The van der Waals surface area contributed by atoms with Crippen molar-refractivity contribution >= 4 is 0 Å². The van der Waals surface area contributed by atoms with Crippen molar-refractivity contribution in [1.82, 2.24) is 4.98 Å². The van der Waals surface area contributed by atoms with Gasteiger partial charge in [0, 0.05) is 6.20 Å². The lowest BCUT2D eigenvalue weighted by atomic mass is 10.2. The second-order valence-corrected chi connectivity index (χ2v) is 4.09. The van der Waals surface area contributed by atoms with E-state index in [0.717, 1.165) is 5.56 Å². The smallest absolute Gasteiger partial charge is 0.141 e. The topological polar surface area (TPSA) is 22.1 Å². The summed E-state index contributed by atoms with van der Waals surface area (Å²) in [7, 11) is 0. The lowest BCUT2D eigenvalue weighted by Crippen LogP contribution is -2.03. The van der Waals surface area contributed by atoms with Gasteiger partial charge in [0.25, 0.3) is 0 Å². The van der Waals surface area contributed by atoms with Gasteiger partial charge in [-0.2, -0.15) is 0 Å². The fourth-order valence-corrected chi connectivity index (χ4v) is 1.58. The van der Waals surface area contributed by atoms with Crippen LogP contribution >= 0.6 is 0 Å². The fourth-order valence-electron chi connectivity index (χ4n) is 1.58. The van der Waals surface area contributed by atoms with Gasteiger partial charge in [0.05, 0.1) is 11.3 Å². The second kappa shape index (κ2) is 5.12. The molecule has 0 saturated heterocycles. The van der Waals surface area contributed by atoms with E-state index in [1.165, 1.54) is 18.2 Å². The number of halogens is 2. The first-order valence-electron chi connectivity index (χ1n) is 5.57. The van der Waals surface area contributed by atoms with Gasteiger partial charge in [-0.15, -0.1) is 0 Å². The van der Waals surface area contributed by atoms with Gasteiger partial charge >= 0.3 is 0 Å². The van der Waals surface area contributed by atoms with Crippen LogP contribution in [0.2, 0.25) is 0 Å². The van der Waals surface area contributed by atoms with Crippen LogP contribution in [0.4, 0.5) is 8.78 Å². The van der Waals surface area contributed by atoms with Crippen molar-refractivity contribution in [1.29, 1.82) is 0 Å². The molecule has 2 nitrogen and oxygen atoms in total. The van der Waals surface area contributed by atoms with Crippen LogP contribution < -0.4 is 4.74 Å². The van der Waals surface area contributed by atoms with Gasteiger partial charge in [-0.05, 0) is 37.6 Å². The van der Waals surface area contributed by atoms with Crippen LogP contribution in [-0.2, 0) is 6.61 Å². The first-order valence-corrected chi connectivity index (χ1v) is 5.57. The van der Waals surface area contributed by atoms with Crippen LogP contribution in [0.1, 0.15) is 16.8 Å². The summed E-state index contributed by atoms with van der Waals surface area (Å²) in [6.45, 7) is 3.51. The largest absolute Gasteiger partial charge is 0.487 e. The van der Waals surface area contributed by atoms with Crippen LogP contribution in [0, 0.1) is 25.5 Å². The normalized spacial score (nSPS) is 10.4. The minimum absolute atomic E-state index is 0.0709. The van der Waals surface area contributed by atoms with Crippen molar-refractivity contribution in [3.63, 3.8) is 0 Å². The van der Waals surface area contributed by atoms with Crippen molar-refractivity contribution < 1.29 is 13.5 Å². The van der Waals surface area contributed by atoms with Crippen molar-refractivity contribution in [2.24, 2.45) is 0 Å². The highest BCUT2D eigenvalue weighted by atomic mass is 19.1. The number of pyridine rings is 1. The Labute approximate surface area is 104 Å². The Kier molecular flexibility index (Phi) is 3.55. The van der Waals surface area contributed by atoms with Gasteiger partial charge in [-0.3, -0.25) is 4.98 Å². The van der Waals surface area contributed by atoms with Gasteiger partial charge in [0.1, 0.15) is 24.0 Å². The Morgan fingerprint density at radius 2 is 1.83 bits per heavy atom. The second-order valence-electron chi connectivity index (χ2n) is 4.09. The molecule has 0 aliphatic rings. The molecule has 1 aromatic heterocycles. The summed E-state index contributed by atoms with van der Waals surface area (Å²) in [4.78, 5) is 4.12. The van der Waals surface area contributed by atoms with Crippen LogP contribution in [-0.4, -0.2) is 4.98 Å². The third-order valence-corrected chi connectivity index (χ3v) is 2.61. The first-order chi connectivity index (χ1) is 8.58. The molecule has 0 atom stereocenters. The van der Waals surface area contributed by atoms with Gasteiger partial charge in [0.2, 0.25) is 0 Å². The van der Waals surface area contributed by atoms with Crippen molar-refractivity contribution in [2.75, 3.05) is 0 Å². The summed E-state index contributed by atoms with van der Waals surface area (Å²) in [5.41, 5.74) is 1.56. The zero-order chi connectivity index (χ0) is 13.1. The first kappa shape index (κ1) is 12.5. The zero-order valence-electron chi connectivity index (χ0n) is 10.2. The monoisotopic (exact) mass is 249 g/mol. The molecule has 0 aliphatic heterocycles. The summed E-state index contributed by atoms with van der Waals surface area (Å²) >= 11 is 0. The predicted octanol–water partition coefficient (Wildman–Crippen LogP) is 3.56. The minimum atomic E-state index is -0.603. The quantitative estimate of drug-likeness (QED) is 0.829. The highest BCUT2D eigenvalue weighted by Crippen LogP contribution is 2.20. The lowest BCUT2D eigenvalue weighted by Gasteiger charge is -2.10. The number of benzene rings is 1. The van der Waals surface area contributed by atoms with Crippen molar-refractivity contribution in [3.05, 3.63) is 58.9 Å². The SMILES string of the molecule is Cc1cnc(C)c(OCc2c(F)cccc2F)c1. The molecule has 0 bridgehead atoms. The molecule has 2 aromatic rings. The molecule has 0 spiro atoms. The number of nitrogens with zero attached hydrogens (tertiary/aromatic N) is 1. The highest BCUT2D eigenvalue weighted by molar-refractivity contribution is 5.30. The molecule has 18 heavy (non-hydrogen) atoms. The van der Waals surface area contributed by atoms with Crippen molar-refractivity contribution in [3.8, 4) is 5.75 Å². The van der Waals surface area contributed by atoms with Crippen LogP contribution in [0.5, 0.6) is 5.75 Å². The van der Waals surface area contributed by atoms with E-state index >= 15 is 0 Å². The molecule has 0 aliphatic carbocycles. The summed E-state index contributed by atoms with van der Waals surface area (Å²) < 4.78 is 32.2. The Bertz CT molecular complexity index is 549. The summed E-state index contributed by atoms with van der Waals surface area (Å²) in [6, 6.07) is 5.54. The van der Waals surface area contributed by atoms with E-state index in [2.05, 4.69) is 4.98 Å². The number of aryl methyl sites for hydroxylation is 2. The number of aromatic nitrogens is 1. The maximum Gasteiger partial charge on any atom is 0.141 e. The van der Waals surface area contributed by atoms with Gasteiger partial charge in [-0.25, -0.2) is 8.78 Å². The standard InChI is InChI=1S/C14H13F2NO/c1-9-6-14(10(2)17-7-9)18-8-11-12(15)4-3-5-13(11)16/h3-7H,8H2,1-2H3. The van der Waals surface area contributed by atoms with E-state index in [4.69, 9.17) is 4.74 Å². The third-order valence-electron chi connectivity index (χ3n) is 2.61. The molecule has 1 aromatic carbocycles. The van der Waals surface area contributed by atoms with E-state index in [9.17, 15) is 8.78 Å². The number of hydrogen-bond acceptors (Lipinski definition) is 2. The van der Waals surface area contributed by atoms with Crippen LogP contribution in [0.15, 0.2) is 30.5 Å². The fraction of sp³-hybridized carbons (Fsp3) is 0.214. The number of ether oxygens (including phenoxy) is 1. The average molecular weight is 249 g/mol. The molecule has 1 heterocycles. The number of hydrogen-bond donors (Lipinski definition) is 0. The summed E-state index contributed by atoms with van der Waals surface area (Å²) in [5.74, 6) is -0.667. The molecule has 4 heteroatoms. The minimum Gasteiger partial charge on any atom is -0.487 e. The Morgan fingerprint density at radius 3 is 2.50 bits per heavy atom. The van der Waals surface area contributed by atoms with E-state index < -0.39 is 11.6 Å². The Hall–Kier alpha value is -1.97. The van der Waals surface area contributed by atoms with Crippen LogP contribution in [0.25, 0.3) is 0 Å². The van der Waals surface area contributed by atoms with E-state index in [-0.39, 0.29) is 12.2 Å². The Morgan fingerprint density at radius 1 is 1.17 bits per heavy atom. The molecule has 0 unspecified atom stereocenters. The molecule has 0 saturated carbocycles. The Balaban J connectivity index is 2.19. The third kappa shape index (κ3) is 2.64. The summed E-state index contributed by atoms with van der Waals surface area (Å²) in [5, 5.41) is 0. The van der Waals surface area contributed by atoms with E-state index in [1.807, 2.05) is 6.92 Å². The van der Waals surface area contributed by atoms with Crippen molar-refractivity contribution in [2.45, 2.75) is 20.5 Å². The predicted molar refractivity (Wildman–Crippen MR) is 64.4 cm³/mol. The molecule has 0 radical (unpaired) electrons. The van der Waals surface area contributed by atoms with Gasteiger partial charge < -0.3 is 4.74 Å². The number of rotatable bonds is 3. The van der Waals surface area contributed by atoms with Crippen LogP contribution in [0.3, 0.4) is 0 Å². The lowest BCUT2D eigenvalue weighted by molar-refractivity contribution is 0.289. The molecule has 0 N–H and O–H groups in total. The van der Waals surface area contributed by atoms with E-state index in [0.29, 0.717) is 11.4 Å².